The summed E-state index contributed by atoms with van der Waals surface area (Å²) in [4.78, 5) is 3.20. The molecule has 1 rings (SSSR count). The Hall–Kier alpha value is -1.05. The van der Waals surface area contributed by atoms with Crippen molar-refractivity contribution in [3.63, 3.8) is 0 Å². The van der Waals surface area contributed by atoms with Crippen LogP contribution in [0.1, 0.15) is 5.56 Å². The molecule has 0 aliphatic heterocycles. The SMILES string of the molecule is FC(F)(F)C(F)(F)C(F)(F)c1ccnc(Cl)c1. The first kappa shape index (κ1) is 14.0. The van der Waals surface area contributed by atoms with E-state index < -0.39 is 28.7 Å². The number of nitrogens with zero attached hydrogens (tertiary/aromatic N) is 1. The summed E-state index contributed by atoms with van der Waals surface area (Å²) in [6.07, 6.45) is -5.76. The van der Waals surface area contributed by atoms with Gasteiger partial charge in [-0.2, -0.15) is 30.7 Å². The van der Waals surface area contributed by atoms with Crippen LogP contribution in [-0.2, 0) is 5.92 Å². The second-order valence-electron chi connectivity index (χ2n) is 3.01. The Bertz CT molecular complexity index is 415. The molecule has 96 valence electrons. The third-order valence-corrected chi connectivity index (χ3v) is 2.05. The lowest BCUT2D eigenvalue weighted by Crippen LogP contribution is -2.50. The third kappa shape index (κ3) is 2.31. The van der Waals surface area contributed by atoms with E-state index in [1.807, 2.05) is 0 Å². The van der Waals surface area contributed by atoms with Gasteiger partial charge in [-0.25, -0.2) is 4.98 Å². The molecule has 0 aliphatic carbocycles. The van der Waals surface area contributed by atoms with Crippen molar-refractivity contribution in [1.82, 2.24) is 4.98 Å². The van der Waals surface area contributed by atoms with E-state index in [-0.39, 0.29) is 6.07 Å². The highest BCUT2D eigenvalue weighted by atomic mass is 35.5. The van der Waals surface area contributed by atoms with Crippen molar-refractivity contribution in [3.8, 4) is 0 Å². The van der Waals surface area contributed by atoms with Crippen LogP contribution in [0.5, 0.6) is 0 Å². The molecule has 0 fully saturated rings. The molecule has 0 aliphatic rings. The van der Waals surface area contributed by atoms with Crippen LogP contribution in [0, 0.1) is 0 Å². The van der Waals surface area contributed by atoms with Gasteiger partial charge in [0.05, 0.1) is 0 Å². The lowest BCUT2D eigenvalue weighted by molar-refractivity contribution is -0.359. The van der Waals surface area contributed by atoms with Crippen LogP contribution >= 0.6 is 11.6 Å². The molecular formula is C8H3ClF7N. The van der Waals surface area contributed by atoms with Crippen LogP contribution in [0.15, 0.2) is 18.3 Å². The minimum atomic E-state index is -6.37. The molecule has 0 unspecified atom stereocenters. The smallest absolute Gasteiger partial charge is 0.245 e. The van der Waals surface area contributed by atoms with Gasteiger partial charge in [-0.1, -0.05) is 11.6 Å². The van der Waals surface area contributed by atoms with Crippen molar-refractivity contribution in [2.75, 3.05) is 0 Å². The predicted octanol–water partition coefficient (Wildman–Crippen LogP) is 4.02. The lowest BCUT2D eigenvalue weighted by atomic mass is 10.0. The Morgan fingerprint density at radius 1 is 1.00 bits per heavy atom. The standard InChI is InChI=1S/C8H3ClF7N/c9-5-3-4(1-2-17-5)6(10,11)7(12,13)8(14,15)16/h1-3H. The first-order valence-electron chi connectivity index (χ1n) is 3.94. The summed E-state index contributed by atoms with van der Waals surface area (Å²) in [6.45, 7) is 0. The van der Waals surface area contributed by atoms with Crippen molar-refractivity contribution >= 4 is 11.6 Å². The monoisotopic (exact) mass is 281 g/mol. The molecule has 0 atom stereocenters. The topological polar surface area (TPSA) is 12.9 Å². The van der Waals surface area contributed by atoms with Crippen molar-refractivity contribution in [1.29, 1.82) is 0 Å². The number of alkyl halides is 7. The van der Waals surface area contributed by atoms with Crippen LogP contribution in [0.2, 0.25) is 5.15 Å². The molecule has 9 heteroatoms. The molecule has 1 aromatic heterocycles. The van der Waals surface area contributed by atoms with E-state index in [9.17, 15) is 30.7 Å². The fourth-order valence-corrected chi connectivity index (χ4v) is 1.13. The number of halogens is 8. The summed E-state index contributed by atoms with van der Waals surface area (Å²) in [6, 6.07) is 0.590. The average molecular weight is 282 g/mol. The number of hydrogen-bond donors (Lipinski definition) is 0. The van der Waals surface area contributed by atoms with E-state index in [2.05, 4.69) is 4.98 Å². The summed E-state index contributed by atoms with van der Waals surface area (Å²) in [7, 11) is 0. The second kappa shape index (κ2) is 4.01. The first-order chi connectivity index (χ1) is 7.50. The van der Waals surface area contributed by atoms with Gasteiger partial charge in [-0.15, -0.1) is 0 Å². The molecule has 0 saturated carbocycles. The highest BCUT2D eigenvalue weighted by molar-refractivity contribution is 6.29. The average Bonchev–Trinajstić information content (AvgIpc) is 2.15. The molecule has 0 N–H and O–H groups in total. The summed E-state index contributed by atoms with van der Waals surface area (Å²) < 4.78 is 86.8. The molecule has 1 heterocycles. The zero-order valence-corrected chi connectivity index (χ0v) is 8.46. The molecule has 0 bridgehead atoms. The number of aromatic nitrogens is 1. The largest absolute Gasteiger partial charge is 0.460 e. The Labute approximate surface area is 95.2 Å². The van der Waals surface area contributed by atoms with Crippen molar-refractivity contribution < 1.29 is 30.7 Å². The number of rotatable bonds is 2. The van der Waals surface area contributed by atoms with Gasteiger partial charge < -0.3 is 0 Å². The highest BCUT2D eigenvalue weighted by Crippen LogP contribution is 2.51. The van der Waals surface area contributed by atoms with E-state index in [0.29, 0.717) is 12.3 Å². The van der Waals surface area contributed by atoms with Gasteiger partial charge in [0.2, 0.25) is 0 Å². The Morgan fingerprint density at radius 2 is 1.53 bits per heavy atom. The van der Waals surface area contributed by atoms with Crippen molar-refractivity contribution in [3.05, 3.63) is 29.0 Å². The van der Waals surface area contributed by atoms with Gasteiger partial charge in [-0.3, -0.25) is 0 Å². The predicted molar refractivity (Wildman–Crippen MR) is 44.1 cm³/mol. The van der Waals surface area contributed by atoms with Crippen LogP contribution in [0.4, 0.5) is 30.7 Å². The van der Waals surface area contributed by atoms with E-state index in [1.165, 1.54) is 0 Å². The maximum atomic E-state index is 13.1. The molecule has 0 saturated heterocycles. The van der Waals surface area contributed by atoms with Crippen LogP contribution in [-0.4, -0.2) is 17.1 Å². The van der Waals surface area contributed by atoms with Gasteiger partial charge in [-0.05, 0) is 12.1 Å². The fourth-order valence-electron chi connectivity index (χ4n) is 0.957. The number of hydrogen-bond acceptors (Lipinski definition) is 1. The molecule has 0 radical (unpaired) electrons. The molecule has 1 aromatic rings. The maximum absolute atomic E-state index is 13.1. The Morgan fingerprint density at radius 3 is 1.94 bits per heavy atom. The highest BCUT2D eigenvalue weighted by Gasteiger charge is 2.73. The molecule has 0 aromatic carbocycles. The molecule has 1 nitrogen and oxygen atoms in total. The van der Waals surface area contributed by atoms with E-state index in [4.69, 9.17) is 11.6 Å². The summed E-state index contributed by atoms with van der Waals surface area (Å²) in [5, 5.41) is -0.611. The Balaban J connectivity index is 3.28. The lowest BCUT2D eigenvalue weighted by Gasteiger charge is -2.28. The van der Waals surface area contributed by atoms with Crippen LogP contribution in [0.25, 0.3) is 0 Å². The minimum Gasteiger partial charge on any atom is -0.245 e. The van der Waals surface area contributed by atoms with Gasteiger partial charge in [0.1, 0.15) is 5.15 Å². The van der Waals surface area contributed by atoms with Gasteiger partial charge in [0.25, 0.3) is 0 Å². The third-order valence-electron chi connectivity index (χ3n) is 1.84. The van der Waals surface area contributed by atoms with Gasteiger partial charge in [0, 0.05) is 11.8 Å². The first-order valence-corrected chi connectivity index (χ1v) is 4.32. The van der Waals surface area contributed by atoms with Crippen molar-refractivity contribution in [2.24, 2.45) is 0 Å². The fraction of sp³-hybridized carbons (Fsp3) is 0.375. The summed E-state index contributed by atoms with van der Waals surface area (Å²) >= 11 is 5.14. The second-order valence-corrected chi connectivity index (χ2v) is 3.40. The minimum absolute atomic E-state index is 0.251. The zero-order chi connectivity index (χ0) is 13.5. The normalized spacial score (nSPS) is 13.9. The zero-order valence-electron chi connectivity index (χ0n) is 7.70. The number of pyridine rings is 1. The molecular weight excluding hydrogens is 279 g/mol. The van der Waals surface area contributed by atoms with Crippen LogP contribution in [0.3, 0.4) is 0 Å². The van der Waals surface area contributed by atoms with E-state index in [1.54, 1.807) is 0 Å². The Kier molecular flexibility index (Phi) is 3.30. The summed E-state index contributed by atoms with van der Waals surface area (Å²) in [5.74, 6) is -11.6. The van der Waals surface area contributed by atoms with E-state index in [0.717, 1.165) is 0 Å². The van der Waals surface area contributed by atoms with Crippen molar-refractivity contribution in [2.45, 2.75) is 18.0 Å². The maximum Gasteiger partial charge on any atom is 0.460 e. The molecule has 0 spiro atoms. The quantitative estimate of drug-likeness (QED) is 0.589. The molecule has 17 heavy (non-hydrogen) atoms. The summed E-state index contributed by atoms with van der Waals surface area (Å²) in [5.41, 5.74) is -1.56. The van der Waals surface area contributed by atoms with Crippen LogP contribution < -0.4 is 0 Å². The van der Waals surface area contributed by atoms with E-state index >= 15 is 0 Å². The van der Waals surface area contributed by atoms with Gasteiger partial charge in [0.15, 0.2) is 0 Å². The van der Waals surface area contributed by atoms with Gasteiger partial charge >= 0.3 is 18.0 Å². The molecule has 0 amide bonds.